The highest BCUT2D eigenvalue weighted by Gasteiger charge is 2.43. The van der Waals surface area contributed by atoms with Crippen LogP contribution in [0.15, 0.2) is 121 Å². The summed E-state index contributed by atoms with van der Waals surface area (Å²) in [5, 5.41) is 3.91. The van der Waals surface area contributed by atoms with Crippen LogP contribution < -0.4 is 0 Å². The Hall–Kier alpha value is -4.89. The molecule has 2 atom stereocenters. The van der Waals surface area contributed by atoms with Gasteiger partial charge < -0.3 is 4.57 Å². The zero-order valence-electron chi connectivity index (χ0n) is 25.3. The lowest BCUT2D eigenvalue weighted by Crippen LogP contribution is -2.02. The predicted octanol–water partition coefficient (Wildman–Crippen LogP) is 10.6. The first-order chi connectivity index (χ1) is 21.2. The number of allylic oxidation sites excluding steroid dienone is 1. The van der Waals surface area contributed by atoms with Crippen LogP contribution in [-0.4, -0.2) is 14.1 Å². The zero-order chi connectivity index (χ0) is 29.5. The lowest BCUT2D eigenvalue weighted by molar-refractivity contribution is 0.975. The van der Waals surface area contributed by atoms with Gasteiger partial charge in [-0.25, -0.2) is 4.98 Å². The van der Waals surface area contributed by atoms with Gasteiger partial charge in [-0.2, -0.15) is 0 Å². The van der Waals surface area contributed by atoms with Gasteiger partial charge in [-0.1, -0.05) is 110 Å². The molecule has 2 aliphatic carbocycles. The van der Waals surface area contributed by atoms with Gasteiger partial charge in [0.2, 0.25) is 0 Å². The van der Waals surface area contributed by atoms with Crippen molar-refractivity contribution < 1.29 is 0 Å². The molecule has 0 aliphatic heterocycles. The average Bonchev–Trinajstić information content (AvgIpc) is 3.66. The molecule has 0 saturated heterocycles. The van der Waals surface area contributed by atoms with E-state index in [1.807, 2.05) is 32.0 Å². The Morgan fingerprint density at radius 3 is 2.02 bits per heavy atom. The van der Waals surface area contributed by atoms with Crippen LogP contribution in [0.3, 0.4) is 0 Å². The van der Waals surface area contributed by atoms with Gasteiger partial charge in [-0.3, -0.25) is 4.57 Å². The summed E-state index contributed by atoms with van der Waals surface area (Å²) < 4.78 is 4.86. The maximum Gasteiger partial charge on any atom is 0.137 e. The third kappa shape index (κ3) is 4.56. The summed E-state index contributed by atoms with van der Waals surface area (Å²) in [7, 11) is 0. The highest BCUT2D eigenvalue weighted by Crippen LogP contribution is 2.56. The lowest BCUT2D eigenvalue weighted by Gasteiger charge is -2.13. The maximum absolute atomic E-state index is 4.97. The summed E-state index contributed by atoms with van der Waals surface area (Å²) in [6, 6.07) is 40.8. The predicted molar refractivity (Wildman–Crippen MR) is 183 cm³/mol. The minimum atomic E-state index is 0.639. The number of benzene rings is 4. The molecular formula is C40H37N3. The molecule has 0 bridgehead atoms. The number of hydrogen-bond donors (Lipinski definition) is 0. The Morgan fingerprint density at radius 2 is 1.30 bits per heavy atom. The third-order valence-electron chi connectivity index (χ3n) is 8.61. The van der Waals surface area contributed by atoms with Crippen LogP contribution in [0.2, 0.25) is 0 Å². The van der Waals surface area contributed by atoms with E-state index in [-0.39, 0.29) is 0 Å². The summed E-state index contributed by atoms with van der Waals surface area (Å²) >= 11 is 0. The van der Waals surface area contributed by atoms with Crippen molar-refractivity contribution in [1.82, 2.24) is 14.1 Å². The number of rotatable bonds is 2. The van der Waals surface area contributed by atoms with Crippen LogP contribution in [0, 0.1) is 19.8 Å². The lowest BCUT2D eigenvalue weighted by atomic mass is 9.99. The molecule has 3 heterocycles. The third-order valence-corrected chi connectivity index (χ3v) is 8.61. The van der Waals surface area contributed by atoms with Gasteiger partial charge in [-0.05, 0) is 74.1 Å². The van der Waals surface area contributed by atoms with Gasteiger partial charge in [0, 0.05) is 27.5 Å². The van der Waals surface area contributed by atoms with E-state index in [0.29, 0.717) is 11.8 Å². The van der Waals surface area contributed by atoms with Gasteiger partial charge in [0.15, 0.2) is 0 Å². The highest BCUT2D eigenvalue weighted by atomic mass is 15.1. The second kappa shape index (κ2) is 11.1. The molecule has 2 unspecified atom stereocenters. The number of para-hydroxylation sites is 2. The molecule has 0 spiro atoms. The normalized spacial score (nSPS) is 16.2. The molecule has 0 N–H and O–H groups in total. The van der Waals surface area contributed by atoms with Crippen molar-refractivity contribution in [1.29, 1.82) is 0 Å². The van der Waals surface area contributed by atoms with Crippen molar-refractivity contribution in [2.24, 2.45) is 5.92 Å². The first kappa shape index (κ1) is 27.0. The molecule has 212 valence electrons. The fourth-order valence-corrected chi connectivity index (χ4v) is 6.66. The van der Waals surface area contributed by atoms with Crippen LogP contribution in [0.4, 0.5) is 0 Å². The van der Waals surface area contributed by atoms with E-state index in [1.165, 1.54) is 61.6 Å². The number of nitrogens with zero attached hydrogens (tertiary/aromatic N) is 3. The molecule has 0 radical (unpaired) electrons. The van der Waals surface area contributed by atoms with Gasteiger partial charge >= 0.3 is 0 Å². The van der Waals surface area contributed by atoms with Gasteiger partial charge in [-0.15, -0.1) is 0 Å². The second-order valence-electron chi connectivity index (χ2n) is 11.3. The Labute approximate surface area is 253 Å². The fourth-order valence-electron chi connectivity index (χ4n) is 6.66. The zero-order valence-corrected chi connectivity index (χ0v) is 25.3. The van der Waals surface area contributed by atoms with E-state index in [2.05, 4.69) is 132 Å². The Morgan fingerprint density at radius 1 is 0.628 bits per heavy atom. The summed E-state index contributed by atoms with van der Waals surface area (Å²) in [4.78, 5) is 4.97. The molecule has 3 heteroatoms. The standard InChI is InChI=1S/C31H23N3.C7H8.C2H6/c1-19-8-7-13-28(32-19)34-26-12-6-5-11-22(26)23-15-16-24-29-25-18-20(25)14-17-27(29)33(31(24)30(23)34)21-9-3-2-4-10-21;1-7-5-3-2-4-6-7;1-2/h2-17,20,25H,18H2,1H3;2-6H,1H3;1-2H3. The van der Waals surface area contributed by atoms with Crippen LogP contribution in [0.5, 0.6) is 0 Å². The number of aromatic nitrogens is 3. The number of fused-ring (bicyclic) bond motifs is 9. The number of aryl methyl sites for hydroxylation is 2. The van der Waals surface area contributed by atoms with Gasteiger partial charge in [0.25, 0.3) is 0 Å². The SMILES string of the molecule is CC.Cc1cccc(-n2c3ccccc3c3ccc4c5c(n(-c6ccccc6)c4c32)C=CC2CC52)n1.Cc1ccccc1. The molecule has 3 nitrogen and oxygen atoms in total. The van der Waals surface area contributed by atoms with Crippen LogP contribution in [-0.2, 0) is 0 Å². The molecular weight excluding hydrogens is 522 g/mol. The summed E-state index contributed by atoms with van der Waals surface area (Å²) in [6.07, 6.45) is 6.04. The first-order valence-corrected chi connectivity index (χ1v) is 15.5. The molecule has 2 aliphatic rings. The highest BCUT2D eigenvalue weighted by molar-refractivity contribution is 6.19. The van der Waals surface area contributed by atoms with Crippen molar-refractivity contribution >= 4 is 38.8 Å². The Balaban J connectivity index is 0.000000292. The molecule has 1 saturated carbocycles. The van der Waals surface area contributed by atoms with Crippen molar-refractivity contribution in [2.75, 3.05) is 0 Å². The maximum atomic E-state index is 4.97. The topological polar surface area (TPSA) is 22.8 Å². The van der Waals surface area contributed by atoms with Gasteiger partial charge in [0.05, 0.1) is 22.2 Å². The monoisotopic (exact) mass is 559 g/mol. The minimum absolute atomic E-state index is 0.639. The molecule has 3 aromatic heterocycles. The van der Waals surface area contributed by atoms with E-state index in [1.54, 1.807) is 0 Å². The Kier molecular flexibility index (Phi) is 6.95. The molecule has 1 fully saturated rings. The molecule has 9 rings (SSSR count). The van der Waals surface area contributed by atoms with Crippen LogP contribution >= 0.6 is 0 Å². The minimum Gasteiger partial charge on any atom is -0.308 e. The molecule has 43 heavy (non-hydrogen) atoms. The van der Waals surface area contributed by atoms with E-state index in [0.717, 1.165) is 11.5 Å². The number of pyridine rings is 1. The Bertz CT molecular complexity index is 2090. The van der Waals surface area contributed by atoms with E-state index in [4.69, 9.17) is 4.98 Å². The van der Waals surface area contributed by atoms with Crippen molar-refractivity contribution in [3.63, 3.8) is 0 Å². The summed E-state index contributed by atoms with van der Waals surface area (Å²) in [6.45, 7) is 8.15. The quantitative estimate of drug-likeness (QED) is 0.207. The largest absolute Gasteiger partial charge is 0.308 e. The molecule has 0 amide bonds. The van der Waals surface area contributed by atoms with Crippen LogP contribution in [0.25, 0.3) is 50.3 Å². The first-order valence-electron chi connectivity index (χ1n) is 15.5. The average molecular weight is 560 g/mol. The van der Waals surface area contributed by atoms with Crippen molar-refractivity contribution in [3.05, 3.63) is 144 Å². The van der Waals surface area contributed by atoms with E-state index in [9.17, 15) is 0 Å². The van der Waals surface area contributed by atoms with E-state index >= 15 is 0 Å². The summed E-state index contributed by atoms with van der Waals surface area (Å²) in [5.74, 6) is 2.31. The molecule has 7 aromatic rings. The van der Waals surface area contributed by atoms with Gasteiger partial charge in [0.1, 0.15) is 5.82 Å². The van der Waals surface area contributed by atoms with Crippen LogP contribution in [0.1, 0.15) is 48.7 Å². The second-order valence-corrected chi connectivity index (χ2v) is 11.3. The van der Waals surface area contributed by atoms with E-state index < -0.39 is 0 Å². The fraction of sp³-hybridized carbons (Fsp3) is 0.175. The summed E-state index contributed by atoms with van der Waals surface area (Å²) in [5.41, 5.74) is 10.1. The smallest absolute Gasteiger partial charge is 0.137 e. The molecule has 4 aromatic carbocycles. The number of hydrogen-bond acceptors (Lipinski definition) is 1. The van der Waals surface area contributed by atoms with Crippen molar-refractivity contribution in [2.45, 2.75) is 40.0 Å². The van der Waals surface area contributed by atoms with Crippen molar-refractivity contribution in [3.8, 4) is 11.5 Å².